The van der Waals surface area contributed by atoms with Crippen LogP contribution in [0.2, 0.25) is 0 Å². The van der Waals surface area contributed by atoms with Gasteiger partial charge in [-0.1, -0.05) is 24.6 Å². The van der Waals surface area contributed by atoms with E-state index in [4.69, 9.17) is 9.52 Å². The molecule has 0 spiro atoms. The second-order valence-electron chi connectivity index (χ2n) is 6.19. The van der Waals surface area contributed by atoms with Crippen LogP contribution in [0.15, 0.2) is 34.7 Å². The summed E-state index contributed by atoms with van der Waals surface area (Å²) in [6.45, 7) is 0.507. The molecule has 3 rings (SSSR count). The van der Waals surface area contributed by atoms with E-state index in [9.17, 15) is 9.59 Å². The minimum absolute atomic E-state index is 0.0351. The molecule has 2 atom stereocenters. The van der Waals surface area contributed by atoms with Gasteiger partial charge in [-0.15, -0.1) is 0 Å². The van der Waals surface area contributed by atoms with Crippen molar-refractivity contribution >= 4 is 22.8 Å². The number of carbonyl (C=O) groups is 2. The molecule has 2 N–H and O–H groups in total. The van der Waals surface area contributed by atoms with E-state index in [0.717, 1.165) is 29.6 Å². The third kappa shape index (κ3) is 3.73. The van der Waals surface area contributed by atoms with Crippen molar-refractivity contribution in [2.45, 2.75) is 32.1 Å². The van der Waals surface area contributed by atoms with Crippen LogP contribution in [-0.4, -0.2) is 23.5 Å². The van der Waals surface area contributed by atoms with Gasteiger partial charge in [-0.3, -0.25) is 9.59 Å². The van der Waals surface area contributed by atoms with E-state index >= 15 is 0 Å². The maximum Gasteiger partial charge on any atom is 0.306 e. The van der Waals surface area contributed by atoms with Crippen molar-refractivity contribution in [2.75, 3.05) is 6.54 Å². The number of amides is 1. The Balaban J connectivity index is 1.50. The van der Waals surface area contributed by atoms with Crippen LogP contribution in [0.3, 0.4) is 0 Å². The molecule has 0 radical (unpaired) electrons. The van der Waals surface area contributed by atoms with Crippen molar-refractivity contribution in [3.8, 4) is 0 Å². The molecule has 0 saturated heterocycles. The van der Waals surface area contributed by atoms with Crippen LogP contribution >= 0.6 is 0 Å². The monoisotopic (exact) mass is 315 g/mol. The average molecular weight is 315 g/mol. The van der Waals surface area contributed by atoms with Gasteiger partial charge < -0.3 is 14.8 Å². The molecular weight excluding hydrogens is 294 g/mol. The first-order chi connectivity index (χ1) is 11.1. The van der Waals surface area contributed by atoms with E-state index in [2.05, 4.69) is 5.32 Å². The molecule has 1 heterocycles. The number of nitrogens with one attached hydrogen (secondary N) is 1. The lowest BCUT2D eigenvalue weighted by Gasteiger charge is -2.25. The highest BCUT2D eigenvalue weighted by atomic mass is 16.4. The molecule has 1 aromatic heterocycles. The smallest absolute Gasteiger partial charge is 0.306 e. The van der Waals surface area contributed by atoms with Crippen molar-refractivity contribution in [2.24, 2.45) is 11.8 Å². The van der Waals surface area contributed by atoms with Gasteiger partial charge in [0.25, 0.3) is 0 Å². The van der Waals surface area contributed by atoms with Crippen LogP contribution in [0.5, 0.6) is 0 Å². The van der Waals surface area contributed by atoms with Crippen molar-refractivity contribution < 1.29 is 19.1 Å². The van der Waals surface area contributed by atoms with Crippen LogP contribution in [0.1, 0.15) is 31.4 Å². The van der Waals surface area contributed by atoms with Crippen molar-refractivity contribution in [3.05, 3.63) is 36.1 Å². The van der Waals surface area contributed by atoms with E-state index in [1.165, 1.54) is 0 Å². The number of rotatable bonds is 5. The number of aliphatic carboxylic acids is 1. The average Bonchev–Trinajstić information content (AvgIpc) is 2.97. The maximum atomic E-state index is 12.2. The SMILES string of the molecule is O=C(O)[C@H]1CCC[C@H](C(=O)NCCc2cc3ccccc3o2)C1. The molecule has 1 aliphatic carbocycles. The summed E-state index contributed by atoms with van der Waals surface area (Å²) >= 11 is 0. The van der Waals surface area contributed by atoms with Gasteiger partial charge in [-0.2, -0.15) is 0 Å². The molecule has 1 amide bonds. The maximum absolute atomic E-state index is 12.2. The highest BCUT2D eigenvalue weighted by Crippen LogP contribution is 2.29. The van der Waals surface area contributed by atoms with Gasteiger partial charge in [-0.25, -0.2) is 0 Å². The molecule has 5 nitrogen and oxygen atoms in total. The fourth-order valence-corrected chi connectivity index (χ4v) is 3.27. The zero-order chi connectivity index (χ0) is 16.2. The van der Waals surface area contributed by atoms with Crippen molar-refractivity contribution in [1.82, 2.24) is 5.32 Å². The molecule has 1 saturated carbocycles. The lowest BCUT2D eigenvalue weighted by atomic mass is 9.81. The Labute approximate surface area is 134 Å². The first-order valence-corrected chi connectivity index (χ1v) is 8.11. The molecule has 23 heavy (non-hydrogen) atoms. The van der Waals surface area contributed by atoms with E-state index < -0.39 is 5.97 Å². The van der Waals surface area contributed by atoms with Gasteiger partial charge in [0, 0.05) is 24.3 Å². The molecule has 0 aliphatic heterocycles. The predicted octanol–water partition coefficient (Wildman–Crippen LogP) is 2.98. The second-order valence-corrected chi connectivity index (χ2v) is 6.19. The van der Waals surface area contributed by atoms with Gasteiger partial charge in [0.05, 0.1) is 5.92 Å². The van der Waals surface area contributed by atoms with Gasteiger partial charge in [-0.05, 0) is 31.4 Å². The highest BCUT2D eigenvalue weighted by Gasteiger charge is 2.30. The number of carbonyl (C=O) groups excluding carboxylic acids is 1. The first kappa shape index (κ1) is 15.6. The zero-order valence-electron chi connectivity index (χ0n) is 13.0. The lowest BCUT2D eigenvalue weighted by molar-refractivity contribution is -0.144. The Bertz CT molecular complexity index is 673. The molecule has 1 aromatic carbocycles. The summed E-state index contributed by atoms with van der Waals surface area (Å²) in [6, 6.07) is 9.80. The number of furan rings is 1. The summed E-state index contributed by atoms with van der Waals surface area (Å²) in [4.78, 5) is 23.3. The fourth-order valence-electron chi connectivity index (χ4n) is 3.27. The normalized spacial score (nSPS) is 21.2. The third-order valence-corrected chi connectivity index (χ3v) is 4.54. The Hall–Kier alpha value is -2.30. The number of benzene rings is 1. The van der Waals surface area contributed by atoms with E-state index in [0.29, 0.717) is 25.8 Å². The number of hydrogen-bond acceptors (Lipinski definition) is 3. The molecule has 0 bridgehead atoms. The van der Waals surface area contributed by atoms with Gasteiger partial charge in [0.1, 0.15) is 11.3 Å². The van der Waals surface area contributed by atoms with Crippen LogP contribution in [0.25, 0.3) is 11.0 Å². The van der Waals surface area contributed by atoms with Crippen LogP contribution in [-0.2, 0) is 16.0 Å². The summed E-state index contributed by atoms with van der Waals surface area (Å²) in [5.74, 6) is -0.536. The van der Waals surface area contributed by atoms with Gasteiger partial charge >= 0.3 is 5.97 Å². The van der Waals surface area contributed by atoms with E-state index in [1.54, 1.807) is 0 Å². The topological polar surface area (TPSA) is 79.5 Å². The number of carboxylic acids is 1. The number of hydrogen-bond donors (Lipinski definition) is 2. The molecule has 5 heteroatoms. The Morgan fingerprint density at radius 1 is 1.22 bits per heavy atom. The lowest BCUT2D eigenvalue weighted by Crippen LogP contribution is -2.36. The van der Waals surface area contributed by atoms with Crippen LogP contribution in [0, 0.1) is 11.8 Å². The van der Waals surface area contributed by atoms with Crippen LogP contribution < -0.4 is 5.32 Å². The van der Waals surface area contributed by atoms with E-state index in [-0.39, 0.29) is 17.7 Å². The Morgan fingerprint density at radius 2 is 2.00 bits per heavy atom. The minimum Gasteiger partial charge on any atom is -0.481 e. The summed E-state index contributed by atoms with van der Waals surface area (Å²) in [7, 11) is 0. The number of para-hydroxylation sites is 1. The molecule has 1 aliphatic rings. The highest BCUT2D eigenvalue weighted by molar-refractivity contribution is 5.80. The van der Waals surface area contributed by atoms with Crippen molar-refractivity contribution in [3.63, 3.8) is 0 Å². The number of carboxylic acid groups (broad SMARTS) is 1. The van der Waals surface area contributed by atoms with Crippen LogP contribution in [0.4, 0.5) is 0 Å². The summed E-state index contributed by atoms with van der Waals surface area (Å²) in [6.07, 6.45) is 3.35. The summed E-state index contributed by atoms with van der Waals surface area (Å²) in [5, 5.41) is 13.1. The van der Waals surface area contributed by atoms with Gasteiger partial charge in [0.2, 0.25) is 5.91 Å². The molecule has 122 valence electrons. The largest absolute Gasteiger partial charge is 0.481 e. The second kappa shape index (κ2) is 6.86. The standard InChI is InChI=1S/C18H21NO4/c20-17(13-5-3-6-14(10-13)18(21)22)19-9-8-15-11-12-4-1-2-7-16(12)23-15/h1-2,4,7,11,13-14H,3,5-6,8-10H2,(H,19,20)(H,21,22)/t13-,14-/m0/s1. The predicted molar refractivity (Wildman–Crippen MR) is 86.0 cm³/mol. The van der Waals surface area contributed by atoms with E-state index in [1.807, 2.05) is 30.3 Å². The fraction of sp³-hybridized carbons (Fsp3) is 0.444. The summed E-state index contributed by atoms with van der Waals surface area (Å²) < 4.78 is 5.71. The van der Waals surface area contributed by atoms with Crippen molar-refractivity contribution in [1.29, 1.82) is 0 Å². The molecule has 0 unspecified atom stereocenters. The third-order valence-electron chi connectivity index (χ3n) is 4.54. The quantitative estimate of drug-likeness (QED) is 0.889. The first-order valence-electron chi connectivity index (χ1n) is 8.11. The summed E-state index contributed by atoms with van der Waals surface area (Å²) in [5.41, 5.74) is 0.852. The minimum atomic E-state index is -0.787. The number of fused-ring (bicyclic) bond motifs is 1. The molecule has 2 aromatic rings. The molecular formula is C18H21NO4. The zero-order valence-corrected chi connectivity index (χ0v) is 13.0. The Kier molecular flexibility index (Phi) is 4.65. The molecule has 1 fully saturated rings. The Morgan fingerprint density at radius 3 is 2.78 bits per heavy atom. The van der Waals surface area contributed by atoms with Gasteiger partial charge in [0.15, 0.2) is 0 Å².